The van der Waals surface area contributed by atoms with Crippen molar-refractivity contribution in [2.24, 2.45) is 0 Å². The maximum absolute atomic E-state index is 13.1. The molecule has 0 spiro atoms. The molecule has 588 valence electrons. The van der Waals surface area contributed by atoms with Crippen molar-refractivity contribution in [3.63, 3.8) is 0 Å². The SMILES string of the molecule is CCCCCCCCCCCCCCCCCCCCCCCCC(=O)OC[C@H](COP(=O)(O)OC[C@@H](O)COP(=O)(O)OC[C@@H](COC(=O)CCCCCCCCC)OC(=O)CCCCCCCCCC)OC(=O)CCCCCCCCCCCCCCCCCCCCCCCC. The summed E-state index contributed by atoms with van der Waals surface area (Å²) in [7, 11) is -9.90. The largest absolute Gasteiger partial charge is 0.472 e. The first kappa shape index (κ1) is 97.1. The highest BCUT2D eigenvalue weighted by molar-refractivity contribution is 7.47. The summed E-state index contributed by atoms with van der Waals surface area (Å²) in [6.07, 6.45) is 67.3. The van der Waals surface area contributed by atoms with Crippen LogP contribution in [0.5, 0.6) is 0 Å². The van der Waals surface area contributed by atoms with Gasteiger partial charge in [0.1, 0.15) is 19.3 Å². The van der Waals surface area contributed by atoms with Crippen molar-refractivity contribution in [1.82, 2.24) is 0 Å². The molecular weight excluding hydrogens is 1290 g/mol. The summed E-state index contributed by atoms with van der Waals surface area (Å²) < 4.78 is 68.4. The van der Waals surface area contributed by atoms with Crippen LogP contribution in [-0.2, 0) is 65.4 Å². The molecule has 0 aliphatic rings. The van der Waals surface area contributed by atoms with Crippen LogP contribution in [-0.4, -0.2) is 96.7 Å². The van der Waals surface area contributed by atoms with Gasteiger partial charge < -0.3 is 33.8 Å². The second-order valence-electron chi connectivity index (χ2n) is 28.8. The molecular formula is C80H156O17P2. The van der Waals surface area contributed by atoms with E-state index in [-0.39, 0.29) is 25.7 Å². The maximum Gasteiger partial charge on any atom is 0.472 e. The van der Waals surface area contributed by atoms with Gasteiger partial charge in [0.25, 0.3) is 0 Å². The Morgan fingerprint density at radius 1 is 0.242 bits per heavy atom. The lowest BCUT2D eigenvalue weighted by Crippen LogP contribution is -2.30. The fraction of sp³-hybridized carbons (Fsp3) is 0.950. The van der Waals surface area contributed by atoms with E-state index in [0.717, 1.165) is 109 Å². The lowest BCUT2D eigenvalue weighted by molar-refractivity contribution is -0.161. The number of rotatable bonds is 81. The number of unbranched alkanes of at least 4 members (excludes halogenated alkanes) is 55. The van der Waals surface area contributed by atoms with Crippen LogP contribution in [0.4, 0.5) is 0 Å². The molecule has 0 bridgehead atoms. The number of aliphatic hydroxyl groups is 1. The number of phosphoric acid groups is 2. The van der Waals surface area contributed by atoms with Crippen molar-refractivity contribution in [2.75, 3.05) is 39.6 Å². The normalized spacial score (nSPS) is 13.8. The Morgan fingerprint density at radius 3 is 0.596 bits per heavy atom. The molecule has 0 aliphatic carbocycles. The molecule has 3 N–H and O–H groups in total. The van der Waals surface area contributed by atoms with E-state index < -0.39 is 97.5 Å². The molecule has 0 aromatic heterocycles. The first-order valence-electron chi connectivity index (χ1n) is 41.8. The second kappa shape index (κ2) is 74.3. The molecule has 17 nitrogen and oxygen atoms in total. The molecule has 0 fully saturated rings. The van der Waals surface area contributed by atoms with Crippen LogP contribution >= 0.6 is 15.6 Å². The number of aliphatic hydroxyl groups excluding tert-OH is 1. The minimum Gasteiger partial charge on any atom is -0.462 e. The molecule has 0 heterocycles. The fourth-order valence-electron chi connectivity index (χ4n) is 12.5. The standard InChI is InChI=1S/C80H156O17P2/c1-5-9-13-17-21-24-26-28-30-32-34-36-38-40-42-44-46-48-50-54-57-61-65-78(83)91-71-76(97-80(85)67-63-59-55-51-49-47-45-43-41-39-37-35-33-31-29-27-25-22-18-14-10-6-2)73-95-99(88,89)93-69-74(81)68-92-98(86,87)94-72-75(70-90-77(82)64-60-56-52-20-16-12-8-4)96-79(84)66-62-58-53-23-19-15-11-7-3/h74-76,81H,5-73H2,1-4H3,(H,86,87)(H,88,89)/t74-,75+,76+/m0/s1. The molecule has 0 aliphatic heterocycles. The van der Waals surface area contributed by atoms with Crippen molar-refractivity contribution >= 4 is 39.5 Å². The van der Waals surface area contributed by atoms with E-state index in [0.29, 0.717) is 25.7 Å². The van der Waals surface area contributed by atoms with E-state index in [1.54, 1.807) is 0 Å². The summed E-state index contributed by atoms with van der Waals surface area (Å²) in [5.41, 5.74) is 0. The molecule has 5 atom stereocenters. The number of esters is 4. The van der Waals surface area contributed by atoms with E-state index in [1.165, 1.54) is 244 Å². The minimum absolute atomic E-state index is 0.105. The molecule has 0 radical (unpaired) electrons. The van der Waals surface area contributed by atoms with Gasteiger partial charge in [0.2, 0.25) is 0 Å². The van der Waals surface area contributed by atoms with Gasteiger partial charge in [0.15, 0.2) is 12.2 Å². The van der Waals surface area contributed by atoms with Gasteiger partial charge in [0, 0.05) is 25.7 Å². The molecule has 0 rings (SSSR count). The predicted octanol–water partition coefficient (Wildman–Crippen LogP) is 24.2. The number of ether oxygens (including phenoxy) is 4. The van der Waals surface area contributed by atoms with Gasteiger partial charge in [-0.1, -0.05) is 381 Å². The minimum atomic E-state index is -4.96. The van der Waals surface area contributed by atoms with Crippen molar-refractivity contribution in [3.05, 3.63) is 0 Å². The molecule has 99 heavy (non-hydrogen) atoms. The molecule has 0 saturated carbocycles. The van der Waals surface area contributed by atoms with Crippen LogP contribution in [0.3, 0.4) is 0 Å². The number of hydrogen-bond donors (Lipinski definition) is 3. The summed E-state index contributed by atoms with van der Waals surface area (Å²) in [6, 6.07) is 0. The molecule has 19 heteroatoms. The molecule has 0 aromatic carbocycles. The summed E-state index contributed by atoms with van der Waals surface area (Å²) in [4.78, 5) is 72.6. The Morgan fingerprint density at radius 2 is 0.404 bits per heavy atom. The Labute approximate surface area is 607 Å². The highest BCUT2D eigenvalue weighted by atomic mass is 31.2. The monoisotopic (exact) mass is 1450 g/mol. The Hall–Kier alpha value is -1.94. The topological polar surface area (TPSA) is 237 Å². The van der Waals surface area contributed by atoms with Gasteiger partial charge in [-0.2, -0.15) is 0 Å². The number of carbonyl (C=O) groups excluding carboxylic acids is 4. The molecule has 2 unspecified atom stereocenters. The van der Waals surface area contributed by atoms with Crippen LogP contribution in [0.15, 0.2) is 0 Å². The average molecular weight is 1450 g/mol. The highest BCUT2D eigenvalue weighted by Crippen LogP contribution is 2.45. The zero-order valence-corrected chi connectivity index (χ0v) is 66.3. The smallest absolute Gasteiger partial charge is 0.462 e. The van der Waals surface area contributed by atoms with Crippen molar-refractivity contribution < 1.29 is 80.2 Å². The van der Waals surface area contributed by atoms with Gasteiger partial charge in [-0.25, -0.2) is 9.13 Å². The highest BCUT2D eigenvalue weighted by Gasteiger charge is 2.30. The van der Waals surface area contributed by atoms with Crippen LogP contribution in [0.1, 0.15) is 432 Å². The van der Waals surface area contributed by atoms with E-state index in [1.807, 2.05) is 0 Å². The summed E-state index contributed by atoms with van der Waals surface area (Å²) in [5.74, 6) is -2.12. The predicted molar refractivity (Wildman–Crippen MR) is 405 cm³/mol. The average Bonchev–Trinajstić information content (AvgIpc) is 1.04. The number of hydrogen-bond acceptors (Lipinski definition) is 15. The fourth-order valence-corrected chi connectivity index (χ4v) is 14.0. The van der Waals surface area contributed by atoms with Crippen molar-refractivity contribution in [2.45, 2.75) is 451 Å². The lowest BCUT2D eigenvalue weighted by atomic mass is 10.0. The quantitative estimate of drug-likeness (QED) is 0.0222. The third-order valence-corrected chi connectivity index (χ3v) is 20.8. The first-order valence-corrected chi connectivity index (χ1v) is 44.8. The van der Waals surface area contributed by atoms with E-state index >= 15 is 0 Å². The van der Waals surface area contributed by atoms with Gasteiger partial charge in [-0.05, 0) is 25.7 Å². The van der Waals surface area contributed by atoms with Gasteiger partial charge >= 0.3 is 39.5 Å². The lowest BCUT2D eigenvalue weighted by Gasteiger charge is -2.21. The molecule has 0 amide bonds. The zero-order chi connectivity index (χ0) is 72.5. The second-order valence-corrected chi connectivity index (χ2v) is 31.7. The Balaban J connectivity index is 5.08. The van der Waals surface area contributed by atoms with Crippen molar-refractivity contribution in [1.29, 1.82) is 0 Å². The number of carbonyl (C=O) groups is 4. The van der Waals surface area contributed by atoms with E-state index in [9.17, 15) is 43.2 Å². The summed E-state index contributed by atoms with van der Waals surface area (Å²) >= 11 is 0. The van der Waals surface area contributed by atoms with Crippen molar-refractivity contribution in [3.8, 4) is 0 Å². The van der Waals surface area contributed by atoms with Crippen LogP contribution < -0.4 is 0 Å². The third-order valence-electron chi connectivity index (χ3n) is 18.9. The summed E-state index contributed by atoms with van der Waals surface area (Å²) in [6.45, 7) is 4.92. The van der Waals surface area contributed by atoms with Crippen LogP contribution in [0, 0.1) is 0 Å². The van der Waals surface area contributed by atoms with Gasteiger partial charge in [-0.3, -0.25) is 37.3 Å². The Bertz CT molecular complexity index is 1880. The van der Waals surface area contributed by atoms with Gasteiger partial charge in [-0.15, -0.1) is 0 Å². The Kier molecular flexibility index (Phi) is 72.9. The van der Waals surface area contributed by atoms with E-state index in [2.05, 4.69) is 27.7 Å². The molecule has 0 aromatic rings. The molecule has 0 saturated heterocycles. The first-order chi connectivity index (χ1) is 48.2. The van der Waals surface area contributed by atoms with Gasteiger partial charge in [0.05, 0.1) is 26.4 Å². The maximum atomic E-state index is 13.1. The van der Waals surface area contributed by atoms with Crippen LogP contribution in [0.25, 0.3) is 0 Å². The number of phosphoric ester groups is 2. The van der Waals surface area contributed by atoms with Crippen LogP contribution in [0.2, 0.25) is 0 Å². The summed E-state index contributed by atoms with van der Waals surface area (Å²) in [5, 5.41) is 10.6. The zero-order valence-electron chi connectivity index (χ0n) is 64.5. The third kappa shape index (κ3) is 74.1. The van der Waals surface area contributed by atoms with E-state index in [4.69, 9.17) is 37.0 Å².